The van der Waals surface area contributed by atoms with Crippen molar-refractivity contribution in [3.8, 4) is 0 Å². The molecule has 1 fully saturated rings. The van der Waals surface area contributed by atoms with Gasteiger partial charge in [-0.15, -0.1) is 0 Å². The Morgan fingerprint density at radius 3 is 2.79 bits per heavy atom. The Morgan fingerprint density at radius 2 is 2.21 bits per heavy atom. The first-order chi connectivity index (χ1) is 9.19. The van der Waals surface area contributed by atoms with Gasteiger partial charge in [0.2, 0.25) is 0 Å². The van der Waals surface area contributed by atoms with E-state index in [2.05, 4.69) is 16.8 Å². The van der Waals surface area contributed by atoms with Crippen LogP contribution in [-0.4, -0.2) is 35.3 Å². The lowest BCUT2D eigenvalue weighted by Crippen LogP contribution is -2.29. The maximum Gasteiger partial charge on any atom is 0.182 e. The minimum Gasteiger partial charge on any atom is -0.303 e. The number of carbonyl (C=O) groups is 1. The molecular formula is C15H21FN2O. The van der Waals surface area contributed by atoms with E-state index in [0.717, 1.165) is 38.2 Å². The van der Waals surface area contributed by atoms with Gasteiger partial charge in [-0.2, -0.15) is 0 Å². The summed E-state index contributed by atoms with van der Waals surface area (Å²) in [5.74, 6) is 0.431. The van der Waals surface area contributed by atoms with Crippen LogP contribution in [-0.2, 0) is 0 Å². The van der Waals surface area contributed by atoms with Gasteiger partial charge in [0, 0.05) is 19.5 Å². The minimum absolute atomic E-state index is 0.00287. The van der Waals surface area contributed by atoms with E-state index in [0.29, 0.717) is 12.1 Å². The maximum absolute atomic E-state index is 12.7. The predicted molar refractivity (Wildman–Crippen MR) is 72.6 cm³/mol. The molecule has 0 amide bonds. The topological polar surface area (TPSA) is 33.2 Å². The summed E-state index contributed by atoms with van der Waals surface area (Å²) in [6.07, 6.45) is 5.32. The minimum atomic E-state index is -0.405. The molecule has 1 saturated carbocycles. The molecule has 0 aromatic carbocycles. The van der Waals surface area contributed by atoms with Crippen molar-refractivity contribution in [3.63, 3.8) is 0 Å². The number of nitrogens with zero attached hydrogens (tertiary/aromatic N) is 2. The Balaban J connectivity index is 1.81. The highest BCUT2D eigenvalue weighted by atomic mass is 19.1. The monoisotopic (exact) mass is 264 g/mol. The lowest BCUT2D eigenvalue weighted by Gasteiger charge is -2.20. The van der Waals surface area contributed by atoms with Crippen molar-refractivity contribution in [1.82, 2.24) is 9.88 Å². The van der Waals surface area contributed by atoms with Crippen molar-refractivity contribution >= 4 is 5.78 Å². The molecule has 0 bridgehead atoms. The second-order valence-corrected chi connectivity index (χ2v) is 5.28. The summed E-state index contributed by atoms with van der Waals surface area (Å²) in [4.78, 5) is 18.1. The molecule has 4 heteroatoms. The largest absolute Gasteiger partial charge is 0.303 e. The first-order valence-electron chi connectivity index (χ1n) is 7.06. The maximum atomic E-state index is 12.7. The number of aromatic nitrogens is 1. The van der Waals surface area contributed by atoms with E-state index in [4.69, 9.17) is 0 Å². The molecule has 1 aromatic heterocycles. The molecule has 1 heterocycles. The summed E-state index contributed by atoms with van der Waals surface area (Å²) in [6.45, 7) is 5.09. The highest BCUT2D eigenvalue weighted by Crippen LogP contribution is 2.29. The fourth-order valence-electron chi connectivity index (χ4n) is 2.20. The van der Waals surface area contributed by atoms with Gasteiger partial charge < -0.3 is 4.90 Å². The van der Waals surface area contributed by atoms with Gasteiger partial charge in [0.05, 0.1) is 6.20 Å². The molecule has 1 aliphatic rings. The van der Waals surface area contributed by atoms with E-state index in [-0.39, 0.29) is 5.78 Å². The molecule has 2 rings (SSSR count). The first kappa shape index (κ1) is 14.1. The predicted octanol–water partition coefficient (Wildman–Crippen LogP) is 2.92. The van der Waals surface area contributed by atoms with E-state index in [1.54, 1.807) is 0 Å². The van der Waals surface area contributed by atoms with Gasteiger partial charge in [0.1, 0.15) is 11.5 Å². The van der Waals surface area contributed by atoms with Crippen LogP contribution in [0.25, 0.3) is 0 Å². The number of halogens is 1. The van der Waals surface area contributed by atoms with Crippen molar-refractivity contribution in [1.29, 1.82) is 0 Å². The summed E-state index contributed by atoms with van der Waals surface area (Å²) < 4.78 is 12.7. The Bertz CT molecular complexity index is 415. The Hall–Kier alpha value is -1.29. The molecular weight excluding hydrogens is 243 g/mol. The van der Waals surface area contributed by atoms with Crippen LogP contribution in [0.3, 0.4) is 0 Å². The molecule has 0 N–H and O–H groups in total. The van der Waals surface area contributed by atoms with Crippen LogP contribution in [0.5, 0.6) is 0 Å². The Morgan fingerprint density at radius 1 is 1.42 bits per heavy atom. The third kappa shape index (κ3) is 4.71. The van der Waals surface area contributed by atoms with Gasteiger partial charge in [-0.1, -0.05) is 6.92 Å². The highest BCUT2D eigenvalue weighted by Gasteiger charge is 2.24. The molecule has 0 aliphatic heterocycles. The number of hydrogen-bond acceptors (Lipinski definition) is 3. The number of hydrogen-bond donors (Lipinski definition) is 0. The molecule has 0 spiro atoms. The lowest BCUT2D eigenvalue weighted by atomic mass is 10.2. The van der Waals surface area contributed by atoms with E-state index in [1.807, 2.05) is 0 Å². The van der Waals surface area contributed by atoms with Crippen LogP contribution in [0.4, 0.5) is 4.39 Å². The van der Waals surface area contributed by atoms with Gasteiger partial charge >= 0.3 is 0 Å². The lowest BCUT2D eigenvalue weighted by molar-refractivity contribution is 0.0958. The zero-order valence-electron chi connectivity index (χ0n) is 11.4. The van der Waals surface area contributed by atoms with Gasteiger partial charge in [0.15, 0.2) is 5.78 Å². The average Bonchev–Trinajstić information content (AvgIpc) is 3.21. The van der Waals surface area contributed by atoms with Crippen molar-refractivity contribution in [3.05, 3.63) is 29.8 Å². The molecule has 19 heavy (non-hydrogen) atoms. The summed E-state index contributed by atoms with van der Waals surface area (Å²) >= 11 is 0. The molecule has 0 radical (unpaired) electrons. The SMILES string of the molecule is CCCN(CCC(=O)c1ccc(F)cn1)CC1CC1. The molecule has 0 atom stereocenters. The van der Waals surface area contributed by atoms with Crippen LogP contribution in [0, 0.1) is 11.7 Å². The van der Waals surface area contributed by atoms with Gasteiger partial charge in [0.25, 0.3) is 0 Å². The smallest absolute Gasteiger partial charge is 0.182 e. The van der Waals surface area contributed by atoms with Crippen LogP contribution < -0.4 is 0 Å². The second kappa shape index (κ2) is 6.75. The van der Waals surface area contributed by atoms with Crippen LogP contribution >= 0.6 is 0 Å². The number of pyridine rings is 1. The molecule has 1 aromatic rings. The molecule has 0 saturated heterocycles. The van der Waals surface area contributed by atoms with Gasteiger partial charge in [-0.25, -0.2) is 4.39 Å². The molecule has 104 valence electrons. The van der Waals surface area contributed by atoms with E-state index < -0.39 is 5.82 Å². The van der Waals surface area contributed by atoms with Crippen LogP contribution in [0.15, 0.2) is 18.3 Å². The normalized spacial score (nSPS) is 14.9. The van der Waals surface area contributed by atoms with Crippen LogP contribution in [0.1, 0.15) is 43.1 Å². The first-order valence-corrected chi connectivity index (χ1v) is 7.06. The highest BCUT2D eigenvalue weighted by molar-refractivity contribution is 5.94. The fraction of sp³-hybridized carbons (Fsp3) is 0.600. The zero-order valence-corrected chi connectivity index (χ0v) is 11.4. The molecule has 0 unspecified atom stereocenters. The standard InChI is InChI=1S/C15H21FN2O/c1-2-8-18(11-12-3-4-12)9-7-15(19)14-6-5-13(16)10-17-14/h5-6,10,12H,2-4,7-9,11H2,1H3. The van der Waals surface area contributed by atoms with E-state index >= 15 is 0 Å². The van der Waals surface area contributed by atoms with Gasteiger partial charge in [-0.3, -0.25) is 9.78 Å². The van der Waals surface area contributed by atoms with Crippen molar-refractivity contribution in [2.45, 2.75) is 32.6 Å². The van der Waals surface area contributed by atoms with Crippen molar-refractivity contribution < 1.29 is 9.18 Å². The van der Waals surface area contributed by atoms with E-state index in [9.17, 15) is 9.18 Å². The zero-order chi connectivity index (χ0) is 13.7. The number of rotatable bonds is 8. The summed E-state index contributed by atoms with van der Waals surface area (Å²) in [6, 6.07) is 2.75. The summed E-state index contributed by atoms with van der Waals surface area (Å²) in [5.41, 5.74) is 0.365. The number of ketones is 1. The molecule has 1 aliphatic carbocycles. The number of Topliss-reactive ketones (excluding diaryl/α,β-unsaturated/α-hetero) is 1. The van der Waals surface area contributed by atoms with Crippen molar-refractivity contribution in [2.24, 2.45) is 5.92 Å². The van der Waals surface area contributed by atoms with Crippen LogP contribution in [0.2, 0.25) is 0 Å². The van der Waals surface area contributed by atoms with Gasteiger partial charge in [-0.05, 0) is 43.9 Å². The average molecular weight is 264 g/mol. The third-order valence-corrected chi connectivity index (χ3v) is 3.42. The van der Waals surface area contributed by atoms with Crippen molar-refractivity contribution in [2.75, 3.05) is 19.6 Å². The second-order valence-electron chi connectivity index (χ2n) is 5.28. The summed E-state index contributed by atoms with van der Waals surface area (Å²) in [7, 11) is 0. The number of carbonyl (C=O) groups excluding carboxylic acids is 1. The Labute approximate surface area is 113 Å². The quantitative estimate of drug-likeness (QED) is 0.677. The molecule has 3 nitrogen and oxygen atoms in total. The third-order valence-electron chi connectivity index (χ3n) is 3.42. The summed E-state index contributed by atoms with van der Waals surface area (Å²) in [5, 5.41) is 0. The fourth-order valence-corrected chi connectivity index (χ4v) is 2.20. The van der Waals surface area contributed by atoms with E-state index in [1.165, 1.54) is 25.0 Å². The Kier molecular flexibility index (Phi) is 5.02.